The summed E-state index contributed by atoms with van der Waals surface area (Å²) in [5.41, 5.74) is -0.826. The van der Waals surface area contributed by atoms with E-state index in [0.29, 0.717) is 33.2 Å². The molecule has 1 saturated carbocycles. The number of nitrogens with zero attached hydrogens (tertiary/aromatic N) is 3. The Balaban J connectivity index is 1.37. The first-order valence-electron chi connectivity index (χ1n) is 20.8. The Morgan fingerprint density at radius 1 is 1.11 bits per heavy atom. The Morgan fingerprint density at radius 2 is 1.79 bits per heavy atom. The maximum absolute atomic E-state index is 14.8. The summed E-state index contributed by atoms with van der Waals surface area (Å²) in [6, 6.07) is 6.61. The third-order valence-corrected chi connectivity index (χ3v) is 16.4. The number of thiazole rings is 1. The lowest BCUT2D eigenvalue weighted by Crippen LogP contribution is -2.58. The van der Waals surface area contributed by atoms with Gasteiger partial charge in [-0.2, -0.15) is 13.2 Å². The molecule has 4 aromatic rings. The molecule has 6 atom stereocenters. The number of nitrogens with one attached hydrogen (secondary N) is 3. The molecule has 0 spiro atoms. The molecule has 1 aliphatic carbocycles. The van der Waals surface area contributed by atoms with Crippen molar-refractivity contribution in [2.45, 2.75) is 95.6 Å². The highest BCUT2D eigenvalue weighted by Crippen LogP contribution is 2.75. The molecule has 4 N–H and O–H groups in total. The van der Waals surface area contributed by atoms with E-state index in [4.69, 9.17) is 14.5 Å². The molecule has 1 saturated heterocycles. The van der Waals surface area contributed by atoms with Crippen LogP contribution in [0.1, 0.15) is 59.4 Å². The predicted molar refractivity (Wildman–Crippen MR) is 242 cm³/mol. The van der Waals surface area contributed by atoms with Crippen molar-refractivity contribution in [3.8, 4) is 22.9 Å². The van der Waals surface area contributed by atoms with Gasteiger partial charge in [-0.25, -0.2) is 31.9 Å². The number of anilines is 1. The van der Waals surface area contributed by atoms with Gasteiger partial charge in [-0.3, -0.25) is 14.2 Å². The van der Waals surface area contributed by atoms with Crippen molar-refractivity contribution in [2.24, 2.45) is 11.3 Å². The number of hydrogen-bond donors (Lipinski definition) is 4. The zero-order chi connectivity index (χ0) is 48.7. The Labute approximate surface area is 383 Å². The van der Waals surface area contributed by atoms with Crippen LogP contribution in [0.15, 0.2) is 72.8 Å². The molecule has 2 aliphatic rings. The standard InChI is InChI=1S/C44H52F5N6O8PS2/c1-9-26-20-43(26,64(58,59)22-30-31(45)11-10-12-32(30)46)25(4)51-39(56)36-18-28(21-55(36)40(57)38(42(5,6)7)54-66(60,61)16-15-44(47,48)49)63-37-19-34(35-23-65-41(53-35)50-24(2)3)52-33-17-27(62-8)13-14-29(33)37/h9-14,17,19,23-24,26,28,36,38,54H,1,4,15-16,18,20-22H2,2-3,5-8H3,(H,50,53)(H,51,56)(H,58,59)/t26-,28?,36+,38-,43-/m1/s1. The van der Waals surface area contributed by atoms with Crippen LogP contribution in [0.2, 0.25) is 0 Å². The Hall–Kier alpha value is -4.95. The van der Waals surface area contributed by atoms with Crippen LogP contribution in [0, 0.1) is 23.0 Å². The molecular formula is C44H52F5N6O8PS2. The zero-order valence-electron chi connectivity index (χ0n) is 37.0. The third kappa shape index (κ3) is 11.1. The summed E-state index contributed by atoms with van der Waals surface area (Å²) in [7, 11) is -7.91. The van der Waals surface area contributed by atoms with E-state index >= 15 is 0 Å². The van der Waals surface area contributed by atoms with Gasteiger partial charge in [0.2, 0.25) is 29.2 Å². The highest BCUT2D eigenvalue weighted by molar-refractivity contribution is 7.89. The number of fused-ring (bicyclic) bond motifs is 1. The third-order valence-electron chi connectivity index (χ3n) is 11.5. The average molecular weight is 983 g/mol. The number of allylic oxidation sites excluding steroid dienone is 2. The highest BCUT2D eigenvalue weighted by Gasteiger charge is 2.66. The molecule has 2 amide bonds. The van der Waals surface area contributed by atoms with Crippen LogP contribution in [-0.4, -0.2) is 95.0 Å². The molecule has 2 unspecified atom stereocenters. The van der Waals surface area contributed by atoms with Gasteiger partial charge in [0.1, 0.15) is 47.0 Å². The molecule has 3 heterocycles. The number of hydrogen-bond acceptors (Lipinski definition) is 11. The molecule has 14 nitrogen and oxygen atoms in total. The van der Waals surface area contributed by atoms with Crippen LogP contribution in [0.3, 0.4) is 0 Å². The first kappa shape index (κ1) is 50.5. The number of alkyl halides is 3. The summed E-state index contributed by atoms with van der Waals surface area (Å²) < 4.78 is 124. The number of sulfonamides is 1. The number of pyridine rings is 1. The molecule has 2 fully saturated rings. The van der Waals surface area contributed by atoms with Crippen molar-refractivity contribution in [1.82, 2.24) is 24.9 Å². The van der Waals surface area contributed by atoms with Crippen molar-refractivity contribution >= 4 is 56.6 Å². The number of methoxy groups -OCH3 is 1. The van der Waals surface area contributed by atoms with Crippen LogP contribution in [-0.2, 0) is 30.3 Å². The minimum absolute atomic E-state index is 0.0689. The van der Waals surface area contributed by atoms with Crippen molar-refractivity contribution in [3.63, 3.8) is 0 Å². The second kappa shape index (κ2) is 19.0. The van der Waals surface area contributed by atoms with Crippen LogP contribution in [0.4, 0.5) is 27.1 Å². The molecule has 66 heavy (non-hydrogen) atoms. The summed E-state index contributed by atoms with van der Waals surface area (Å²) in [5, 5.41) is 6.97. The fourth-order valence-corrected chi connectivity index (χ4v) is 12.8. The second-order valence-electron chi connectivity index (χ2n) is 17.8. The molecular weight excluding hydrogens is 931 g/mol. The number of amides is 2. The molecule has 358 valence electrons. The average Bonchev–Trinajstić information content (AvgIpc) is 3.59. The van der Waals surface area contributed by atoms with Crippen LogP contribution in [0.25, 0.3) is 22.3 Å². The van der Waals surface area contributed by atoms with Gasteiger partial charge in [0.15, 0.2) is 5.13 Å². The molecule has 0 bridgehead atoms. The van der Waals surface area contributed by atoms with Crippen LogP contribution in [0.5, 0.6) is 11.5 Å². The maximum Gasteiger partial charge on any atom is 0.390 e. The van der Waals surface area contributed by atoms with Gasteiger partial charge in [0.25, 0.3) is 0 Å². The van der Waals surface area contributed by atoms with Gasteiger partial charge < -0.3 is 29.9 Å². The second-order valence-corrected chi connectivity index (χ2v) is 23.1. The number of benzene rings is 2. The smallest absolute Gasteiger partial charge is 0.390 e. The van der Waals surface area contributed by atoms with E-state index in [1.807, 2.05) is 13.8 Å². The Morgan fingerprint density at radius 3 is 2.38 bits per heavy atom. The van der Waals surface area contributed by atoms with Crippen molar-refractivity contribution in [3.05, 3.63) is 90.0 Å². The summed E-state index contributed by atoms with van der Waals surface area (Å²) in [5.74, 6) is -5.38. The van der Waals surface area contributed by atoms with Gasteiger partial charge in [-0.1, -0.05) is 39.5 Å². The lowest BCUT2D eigenvalue weighted by atomic mass is 9.86. The van der Waals surface area contributed by atoms with Gasteiger partial charge in [0, 0.05) is 46.6 Å². The van der Waals surface area contributed by atoms with Crippen molar-refractivity contribution < 1.29 is 58.9 Å². The number of carbonyl (C=O) groups is 2. The molecule has 22 heteroatoms. The van der Waals surface area contributed by atoms with Gasteiger partial charge in [-0.05, 0) is 55.9 Å². The molecule has 2 aromatic carbocycles. The minimum Gasteiger partial charge on any atom is -0.497 e. The van der Waals surface area contributed by atoms with E-state index in [2.05, 4.69) is 33.5 Å². The molecule has 1 aliphatic heterocycles. The van der Waals surface area contributed by atoms with E-state index in [9.17, 15) is 49.4 Å². The van der Waals surface area contributed by atoms with Crippen LogP contribution >= 0.6 is 18.7 Å². The summed E-state index contributed by atoms with van der Waals surface area (Å²) in [4.78, 5) is 51.4. The highest BCUT2D eigenvalue weighted by atomic mass is 32.2. The lowest BCUT2D eigenvalue weighted by molar-refractivity contribution is -0.141. The largest absolute Gasteiger partial charge is 0.497 e. The SMILES string of the molecule is C=C[C@@H]1C[C@]1(C(=C)NC(=O)[C@@H]1CC(Oc2cc(-c3csc(NC(C)C)n3)nc3cc(OC)ccc23)CN1C(=O)[C@@H](NS(=O)(=O)CCC(F)(F)F)C(C)(C)C)P(=O)(O)Cc1c(F)cccc1F. The lowest BCUT2D eigenvalue weighted by Gasteiger charge is -2.35. The number of halogens is 5. The van der Waals surface area contributed by atoms with Crippen LogP contribution < -0.4 is 24.8 Å². The number of likely N-dealkylation sites (tertiary alicyclic amines) is 1. The fourth-order valence-electron chi connectivity index (χ4n) is 7.94. The normalized spacial score (nSPS) is 21.3. The summed E-state index contributed by atoms with van der Waals surface area (Å²) >= 11 is 1.36. The quantitative estimate of drug-likeness (QED) is 0.0428. The van der Waals surface area contributed by atoms with E-state index in [0.717, 1.165) is 23.1 Å². The van der Waals surface area contributed by atoms with Gasteiger partial charge in [0.05, 0.1) is 48.4 Å². The first-order chi connectivity index (χ1) is 30.7. The van der Waals surface area contributed by atoms with Crippen molar-refractivity contribution in [1.29, 1.82) is 0 Å². The van der Waals surface area contributed by atoms with E-state index in [1.165, 1.54) is 45.3 Å². The monoisotopic (exact) mass is 982 g/mol. The molecule has 6 rings (SSSR count). The summed E-state index contributed by atoms with van der Waals surface area (Å²) in [6.45, 7) is 15.7. The van der Waals surface area contributed by atoms with E-state index < -0.39 is 106 Å². The predicted octanol–water partition coefficient (Wildman–Crippen LogP) is 8.15. The van der Waals surface area contributed by atoms with Crippen molar-refractivity contribution in [2.75, 3.05) is 24.7 Å². The van der Waals surface area contributed by atoms with Gasteiger partial charge in [-0.15, -0.1) is 17.9 Å². The molecule has 0 radical (unpaired) electrons. The zero-order valence-corrected chi connectivity index (χ0v) is 39.6. The van der Waals surface area contributed by atoms with E-state index in [1.54, 1.807) is 29.6 Å². The minimum atomic E-state index is -4.82. The summed E-state index contributed by atoms with van der Waals surface area (Å²) in [6.07, 6.45) is -7.40. The van der Waals surface area contributed by atoms with E-state index in [-0.39, 0.29) is 36.9 Å². The molecule has 2 aromatic heterocycles. The topological polar surface area (TPSA) is 189 Å². The number of carbonyl (C=O) groups excluding carboxylic acids is 2. The number of aromatic nitrogens is 2. The number of ether oxygens (including phenoxy) is 2. The fraction of sp³-hybridized carbons (Fsp3) is 0.455. The number of rotatable bonds is 18. The Kier molecular flexibility index (Phi) is 14.5. The Bertz CT molecular complexity index is 2670. The maximum atomic E-state index is 14.8. The first-order valence-corrected chi connectivity index (χ1v) is 25.2. The van der Waals surface area contributed by atoms with Gasteiger partial charge >= 0.3 is 6.18 Å².